The van der Waals surface area contributed by atoms with Crippen molar-refractivity contribution in [1.82, 2.24) is 14.8 Å². The molecule has 128 valence electrons. The molecule has 2 heterocycles. The maximum atomic E-state index is 12.6. The summed E-state index contributed by atoms with van der Waals surface area (Å²) in [6.45, 7) is 6.37. The minimum absolute atomic E-state index is 0.145. The summed E-state index contributed by atoms with van der Waals surface area (Å²) in [4.78, 5) is 20.3. The number of fused-ring (bicyclic) bond motifs is 1. The first-order chi connectivity index (χ1) is 12.2. The zero-order valence-electron chi connectivity index (χ0n) is 14.5. The number of piperazine rings is 1. The molecule has 1 saturated heterocycles. The van der Waals surface area contributed by atoms with Gasteiger partial charge in [-0.25, -0.2) is 0 Å². The van der Waals surface area contributed by atoms with E-state index in [2.05, 4.69) is 40.3 Å². The number of aryl methyl sites for hydroxylation is 1. The van der Waals surface area contributed by atoms with Crippen LogP contribution in [0.5, 0.6) is 0 Å². The van der Waals surface area contributed by atoms with E-state index in [-0.39, 0.29) is 5.91 Å². The zero-order valence-corrected chi connectivity index (χ0v) is 14.5. The summed E-state index contributed by atoms with van der Waals surface area (Å²) in [5.41, 5.74) is 4.48. The van der Waals surface area contributed by atoms with Crippen LogP contribution in [-0.2, 0) is 6.54 Å². The Balaban J connectivity index is 1.38. The topological polar surface area (TPSA) is 39.3 Å². The minimum atomic E-state index is 0.145. The van der Waals surface area contributed by atoms with E-state index < -0.39 is 0 Å². The number of para-hydroxylation sites is 1. The Hall–Kier alpha value is -2.59. The molecule has 1 aliphatic rings. The minimum Gasteiger partial charge on any atom is -0.361 e. The third-order valence-corrected chi connectivity index (χ3v) is 5.03. The molecule has 25 heavy (non-hydrogen) atoms. The van der Waals surface area contributed by atoms with Crippen LogP contribution in [0.4, 0.5) is 0 Å². The van der Waals surface area contributed by atoms with Crippen LogP contribution in [0.3, 0.4) is 0 Å². The van der Waals surface area contributed by atoms with Gasteiger partial charge in [0.05, 0.1) is 0 Å². The number of carbonyl (C=O) groups excluding carboxylic acids is 1. The molecule has 1 amide bonds. The summed E-state index contributed by atoms with van der Waals surface area (Å²) in [5.74, 6) is 0.145. The first-order valence-corrected chi connectivity index (χ1v) is 8.84. The standard InChI is InChI=1S/C21H23N3O/c1-16-6-8-17(9-7-16)21(25)24-12-10-23(11-13-24)15-18-14-22-20-5-3-2-4-19(18)20/h2-9,14,22H,10-13,15H2,1H3. The first-order valence-electron chi connectivity index (χ1n) is 8.84. The van der Waals surface area contributed by atoms with Crippen LogP contribution in [0, 0.1) is 6.92 Å². The van der Waals surface area contributed by atoms with Crippen molar-refractivity contribution in [3.05, 3.63) is 71.4 Å². The van der Waals surface area contributed by atoms with E-state index in [0.29, 0.717) is 0 Å². The second-order valence-corrected chi connectivity index (χ2v) is 6.79. The number of benzene rings is 2. The summed E-state index contributed by atoms with van der Waals surface area (Å²) in [7, 11) is 0. The van der Waals surface area contributed by atoms with Crippen LogP contribution in [0.2, 0.25) is 0 Å². The van der Waals surface area contributed by atoms with Gasteiger partial charge in [-0.3, -0.25) is 9.69 Å². The highest BCUT2D eigenvalue weighted by molar-refractivity contribution is 5.94. The molecule has 1 fully saturated rings. The van der Waals surface area contributed by atoms with Gasteiger partial charge in [0.2, 0.25) is 0 Å². The van der Waals surface area contributed by atoms with Gasteiger partial charge >= 0.3 is 0 Å². The Bertz CT molecular complexity index is 874. The average Bonchev–Trinajstić information content (AvgIpc) is 3.06. The number of nitrogens with zero attached hydrogens (tertiary/aromatic N) is 2. The molecule has 1 aliphatic heterocycles. The van der Waals surface area contributed by atoms with Crippen molar-refractivity contribution in [2.75, 3.05) is 26.2 Å². The summed E-state index contributed by atoms with van der Waals surface area (Å²) < 4.78 is 0. The molecule has 0 saturated carbocycles. The number of aromatic nitrogens is 1. The number of carbonyl (C=O) groups is 1. The molecule has 1 N–H and O–H groups in total. The van der Waals surface area contributed by atoms with Crippen LogP contribution in [0.15, 0.2) is 54.7 Å². The highest BCUT2D eigenvalue weighted by Gasteiger charge is 2.22. The number of rotatable bonds is 3. The fraction of sp³-hybridized carbons (Fsp3) is 0.286. The molecule has 0 radical (unpaired) electrons. The first kappa shape index (κ1) is 15.9. The van der Waals surface area contributed by atoms with E-state index in [0.717, 1.165) is 38.3 Å². The monoisotopic (exact) mass is 333 g/mol. The van der Waals surface area contributed by atoms with E-state index >= 15 is 0 Å². The molecule has 0 spiro atoms. The fourth-order valence-corrected chi connectivity index (χ4v) is 3.49. The van der Waals surface area contributed by atoms with Crippen molar-refractivity contribution in [2.45, 2.75) is 13.5 Å². The van der Waals surface area contributed by atoms with Gasteiger partial charge in [0.1, 0.15) is 0 Å². The van der Waals surface area contributed by atoms with Crippen LogP contribution in [0.1, 0.15) is 21.5 Å². The fourth-order valence-electron chi connectivity index (χ4n) is 3.49. The van der Waals surface area contributed by atoms with Crippen molar-refractivity contribution in [2.24, 2.45) is 0 Å². The number of aromatic amines is 1. The van der Waals surface area contributed by atoms with Crippen molar-refractivity contribution < 1.29 is 4.79 Å². The summed E-state index contributed by atoms with van der Waals surface area (Å²) in [6, 6.07) is 16.3. The van der Waals surface area contributed by atoms with Gasteiger partial charge < -0.3 is 9.88 Å². The Morgan fingerprint density at radius 3 is 2.48 bits per heavy atom. The van der Waals surface area contributed by atoms with E-state index in [1.54, 1.807) is 0 Å². The predicted octanol–water partition coefficient (Wildman–Crippen LogP) is 3.43. The van der Waals surface area contributed by atoms with Gasteiger partial charge in [0.15, 0.2) is 0 Å². The molecule has 2 aromatic carbocycles. The third-order valence-electron chi connectivity index (χ3n) is 5.03. The Kier molecular flexibility index (Phi) is 4.28. The molecular formula is C21H23N3O. The molecule has 4 rings (SSSR count). The van der Waals surface area contributed by atoms with Crippen molar-refractivity contribution in [3.63, 3.8) is 0 Å². The second kappa shape index (κ2) is 6.73. The van der Waals surface area contributed by atoms with Crippen molar-refractivity contribution in [3.8, 4) is 0 Å². The van der Waals surface area contributed by atoms with Gasteiger partial charge in [-0.1, -0.05) is 35.9 Å². The normalized spacial score (nSPS) is 15.6. The molecular weight excluding hydrogens is 310 g/mol. The van der Waals surface area contributed by atoms with Gasteiger partial charge in [0, 0.05) is 55.4 Å². The molecule has 0 aliphatic carbocycles. The molecule has 0 unspecified atom stereocenters. The maximum Gasteiger partial charge on any atom is 0.253 e. The Morgan fingerprint density at radius 2 is 1.72 bits per heavy atom. The molecule has 4 heteroatoms. The van der Waals surface area contributed by atoms with Gasteiger partial charge in [-0.2, -0.15) is 0 Å². The number of nitrogens with one attached hydrogen (secondary N) is 1. The van der Waals surface area contributed by atoms with Gasteiger partial charge in [-0.15, -0.1) is 0 Å². The number of hydrogen-bond acceptors (Lipinski definition) is 2. The Morgan fingerprint density at radius 1 is 1.00 bits per heavy atom. The van der Waals surface area contributed by atoms with E-state index in [1.165, 1.54) is 22.0 Å². The second-order valence-electron chi connectivity index (χ2n) is 6.79. The average molecular weight is 333 g/mol. The lowest BCUT2D eigenvalue weighted by Crippen LogP contribution is -2.48. The molecule has 3 aromatic rings. The number of hydrogen-bond donors (Lipinski definition) is 1. The van der Waals surface area contributed by atoms with Crippen LogP contribution in [0.25, 0.3) is 10.9 Å². The number of amides is 1. The van der Waals surface area contributed by atoms with Crippen molar-refractivity contribution >= 4 is 16.8 Å². The molecule has 4 nitrogen and oxygen atoms in total. The lowest BCUT2D eigenvalue weighted by atomic mass is 10.1. The maximum absolute atomic E-state index is 12.6. The summed E-state index contributed by atoms with van der Waals surface area (Å²) >= 11 is 0. The molecule has 0 atom stereocenters. The number of H-pyrrole nitrogens is 1. The highest BCUT2D eigenvalue weighted by atomic mass is 16.2. The Labute approximate surface area is 148 Å². The summed E-state index contributed by atoms with van der Waals surface area (Å²) in [6.07, 6.45) is 2.11. The quantitative estimate of drug-likeness (QED) is 0.797. The lowest BCUT2D eigenvalue weighted by molar-refractivity contribution is 0.0629. The SMILES string of the molecule is Cc1ccc(C(=O)N2CCN(Cc3c[nH]c4ccccc34)CC2)cc1. The van der Waals surface area contributed by atoms with Gasteiger partial charge in [0.25, 0.3) is 5.91 Å². The van der Waals surface area contributed by atoms with E-state index in [4.69, 9.17) is 0 Å². The van der Waals surface area contributed by atoms with Crippen molar-refractivity contribution in [1.29, 1.82) is 0 Å². The highest BCUT2D eigenvalue weighted by Crippen LogP contribution is 2.20. The third kappa shape index (κ3) is 3.30. The van der Waals surface area contributed by atoms with E-state index in [1.807, 2.05) is 36.1 Å². The van der Waals surface area contributed by atoms with Crippen LogP contribution in [-0.4, -0.2) is 46.9 Å². The lowest BCUT2D eigenvalue weighted by Gasteiger charge is -2.34. The smallest absolute Gasteiger partial charge is 0.253 e. The molecule has 1 aromatic heterocycles. The van der Waals surface area contributed by atoms with Crippen LogP contribution < -0.4 is 0 Å². The largest absolute Gasteiger partial charge is 0.361 e. The van der Waals surface area contributed by atoms with E-state index in [9.17, 15) is 4.79 Å². The van der Waals surface area contributed by atoms with Gasteiger partial charge in [-0.05, 0) is 30.7 Å². The zero-order chi connectivity index (χ0) is 17.2. The predicted molar refractivity (Wildman–Crippen MR) is 101 cm³/mol. The molecule has 0 bridgehead atoms. The summed E-state index contributed by atoms with van der Waals surface area (Å²) in [5, 5.41) is 1.29. The van der Waals surface area contributed by atoms with Crippen LogP contribution >= 0.6 is 0 Å².